The molecule has 1 aliphatic rings. The van der Waals surface area contributed by atoms with Crippen LogP contribution < -0.4 is 5.32 Å². The molecule has 1 fully saturated rings. The molecule has 0 saturated carbocycles. The van der Waals surface area contributed by atoms with E-state index in [1.807, 2.05) is 80.6 Å². The lowest BCUT2D eigenvalue weighted by atomic mass is 9.99. The summed E-state index contributed by atoms with van der Waals surface area (Å²) >= 11 is 0. The van der Waals surface area contributed by atoms with Crippen LogP contribution in [0.4, 0.5) is 4.79 Å². The quantitative estimate of drug-likeness (QED) is 0.348. The van der Waals surface area contributed by atoms with Crippen LogP contribution in [0.1, 0.15) is 57.2 Å². The summed E-state index contributed by atoms with van der Waals surface area (Å²) in [5, 5.41) is 11.4. The van der Waals surface area contributed by atoms with Crippen LogP contribution in [0.15, 0.2) is 54.6 Å². The number of imide groups is 1. The molecule has 2 N–H and O–H groups in total. The van der Waals surface area contributed by atoms with Gasteiger partial charge in [0.2, 0.25) is 5.91 Å². The number of carbonyl (C=O) groups is 4. The molecule has 0 bridgehead atoms. The van der Waals surface area contributed by atoms with Gasteiger partial charge in [-0.15, -0.1) is 0 Å². The second kappa shape index (κ2) is 11.9. The van der Waals surface area contributed by atoms with Gasteiger partial charge < -0.3 is 15.3 Å². The Morgan fingerprint density at radius 3 is 2.14 bits per heavy atom. The summed E-state index contributed by atoms with van der Waals surface area (Å²) in [5.74, 6) is -1.98. The Labute approximate surface area is 218 Å². The van der Waals surface area contributed by atoms with Gasteiger partial charge in [0.25, 0.3) is 5.91 Å². The van der Waals surface area contributed by atoms with Gasteiger partial charge in [0.05, 0.1) is 6.42 Å². The van der Waals surface area contributed by atoms with Crippen molar-refractivity contribution in [2.75, 3.05) is 6.54 Å². The lowest BCUT2D eigenvalue weighted by Gasteiger charge is -2.27. The molecule has 1 saturated heterocycles. The van der Waals surface area contributed by atoms with Crippen molar-refractivity contribution in [3.63, 3.8) is 0 Å². The van der Waals surface area contributed by atoms with E-state index >= 15 is 0 Å². The molecule has 196 valence electrons. The maximum absolute atomic E-state index is 13.5. The number of carbonyl (C=O) groups excluding carboxylic acids is 3. The van der Waals surface area contributed by atoms with Crippen molar-refractivity contribution in [3.05, 3.63) is 71.3 Å². The molecular formula is C29H35N3O5. The van der Waals surface area contributed by atoms with Crippen LogP contribution in [-0.2, 0) is 20.9 Å². The fourth-order valence-electron chi connectivity index (χ4n) is 4.27. The molecule has 1 unspecified atom stereocenters. The van der Waals surface area contributed by atoms with E-state index < -0.39 is 35.4 Å². The topological polar surface area (TPSA) is 107 Å². The first-order valence-electron chi connectivity index (χ1n) is 12.5. The number of nitrogens with zero attached hydrogens (tertiary/aromatic N) is 2. The van der Waals surface area contributed by atoms with Crippen molar-refractivity contribution in [3.8, 4) is 0 Å². The third kappa shape index (κ3) is 6.84. The van der Waals surface area contributed by atoms with Crippen LogP contribution in [0.25, 0.3) is 12.2 Å². The number of carboxylic acids is 1. The van der Waals surface area contributed by atoms with Gasteiger partial charge in [-0.1, -0.05) is 80.6 Å². The Kier molecular flexibility index (Phi) is 8.86. The molecule has 0 aliphatic carbocycles. The molecule has 2 aromatic carbocycles. The largest absolute Gasteiger partial charge is 0.481 e. The zero-order valence-electron chi connectivity index (χ0n) is 21.8. The van der Waals surface area contributed by atoms with E-state index in [1.54, 1.807) is 13.8 Å². The summed E-state index contributed by atoms with van der Waals surface area (Å²) in [5.41, 5.74) is 1.82. The zero-order valence-corrected chi connectivity index (χ0v) is 21.8. The number of amides is 4. The number of carboxylic acid groups (broad SMARTS) is 1. The minimum absolute atomic E-state index is 0.0319. The van der Waals surface area contributed by atoms with E-state index in [0.29, 0.717) is 0 Å². The molecular weight excluding hydrogens is 470 g/mol. The lowest BCUT2D eigenvalue weighted by molar-refractivity contribution is -0.140. The van der Waals surface area contributed by atoms with Gasteiger partial charge in [-0.25, -0.2) is 9.69 Å². The summed E-state index contributed by atoms with van der Waals surface area (Å²) in [6.07, 6.45) is 4.07. The smallest absolute Gasteiger partial charge is 0.328 e. The summed E-state index contributed by atoms with van der Waals surface area (Å²) in [6.45, 7) is 7.30. The Morgan fingerprint density at radius 1 is 0.973 bits per heavy atom. The second-order valence-electron chi connectivity index (χ2n) is 10.2. The summed E-state index contributed by atoms with van der Waals surface area (Å²) in [7, 11) is 0. The molecule has 3 rings (SSSR count). The molecule has 8 nitrogen and oxygen atoms in total. The third-order valence-corrected chi connectivity index (χ3v) is 6.39. The Morgan fingerprint density at radius 2 is 1.57 bits per heavy atom. The van der Waals surface area contributed by atoms with Gasteiger partial charge in [-0.2, -0.15) is 0 Å². The molecule has 8 heteroatoms. The summed E-state index contributed by atoms with van der Waals surface area (Å²) in [6, 6.07) is 16.2. The molecule has 1 atom stereocenters. The van der Waals surface area contributed by atoms with Gasteiger partial charge in [0, 0.05) is 13.1 Å². The number of benzene rings is 2. The first kappa shape index (κ1) is 27.6. The standard InChI is InChI=1S/C29H35N3O5/c1-20(2)18-24(26(35)30-17-16-25(33)34)32-27(36)29(3,4)31(28(32)37)19-23-14-12-22(13-15-23)11-10-21-8-6-5-7-9-21/h5-15,20,24H,16-19H2,1-4H3,(H,30,35)(H,33,34)/b11-10+. The molecule has 37 heavy (non-hydrogen) atoms. The maximum Gasteiger partial charge on any atom is 0.328 e. The van der Waals surface area contributed by atoms with Gasteiger partial charge >= 0.3 is 12.0 Å². The Hall–Kier alpha value is -3.94. The van der Waals surface area contributed by atoms with Crippen LogP contribution in [0, 0.1) is 5.92 Å². The van der Waals surface area contributed by atoms with E-state index in [2.05, 4.69) is 5.32 Å². The average molecular weight is 506 g/mol. The van der Waals surface area contributed by atoms with Crippen molar-refractivity contribution in [2.24, 2.45) is 5.92 Å². The van der Waals surface area contributed by atoms with Gasteiger partial charge in [0.15, 0.2) is 0 Å². The fourth-order valence-corrected chi connectivity index (χ4v) is 4.27. The summed E-state index contributed by atoms with van der Waals surface area (Å²) in [4.78, 5) is 53.2. The van der Waals surface area contributed by atoms with E-state index in [-0.39, 0.29) is 31.8 Å². The number of rotatable bonds is 11. The van der Waals surface area contributed by atoms with Crippen LogP contribution >= 0.6 is 0 Å². The van der Waals surface area contributed by atoms with Crippen LogP contribution in [0.5, 0.6) is 0 Å². The first-order valence-corrected chi connectivity index (χ1v) is 12.5. The Balaban J connectivity index is 1.76. The zero-order chi connectivity index (χ0) is 27.2. The maximum atomic E-state index is 13.5. The van der Waals surface area contributed by atoms with Crippen LogP contribution in [0.2, 0.25) is 0 Å². The van der Waals surface area contributed by atoms with Gasteiger partial charge in [-0.3, -0.25) is 14.4 Å². The molecule has 1 heterocycles. The van der Waals surface area contributed by atoms with Crippen molar-refractivity contribution in [2.45, 2.75) is 58.7 Å². The van der Waals surface area contributed by atoms with Crippen molar-refractivity contribution in [1.29, 1.82) is 0 Å². The average Bonchev–Trinajstić information content (AvgIpc) is 3.01. The van der Waals surface area contributed by atoms with Crippen molar-refractivity contribution < 1.29 is 24.3 Å². The SMILES string of the molecule is CC(C)CC(C(=O)NCCC(=O)O)N1C(=O)N(Cc2ccc(/C=C/c3ccccc3)cc2)C(C)(C)C1=O. The minimum atomic E-state index is -1.14. The van der Waals surface area contributed by atoms with Gasteiger partial charge in [-0.05, 0) is 42.9 Å². The Bertz CT molecular complexity index is 1160. The first-order chi connectivity index (χ1) is 17.5. The van der Waals surface area contributed by atoms with Gasteiger partial charge in [0.1, 0.15) is 11.6 Å². The van der Waals surface area contributed by atoms with E-state index in [9.17, 15) is 19.2 Å². The highest BCUT2D eigenvalue weighted by Gasteiger charge is 2.54. The highest BCUT2D eigenvalue weighted by Crippen LogP contribution is 2.32. The third-order valence-electron chi connectivity index (χ3n) is 6.39. The number of nitrogens with one attached hydrogen (secondary N) is 1. The minimum Gasteiger partial charge on any atom is -0.481 e. The number of hydrogen-bond acceptors (Lipinski definition) is 4. The predicted octanol–water partition coefficient (Wildman–Crippen LogP) is 4.41. The normalized spacial score (nSPS) is 16.0. The fraction of sp³-hybridized carbons (Fsp3) is 0.379. The molecule has 1 aliphatic heterocycles. The monoisotopic (exact) mass is 505 g/mol. The molecule has 2 aromatic rings. The molecule has 0 aromatic heterocycles. The number of aliphatic carboxylic acids is 1. The second-order valence-corrected chi connectivity index (χ2v) is 10.2. The predicted molar refractivity (Wildman–Crippen MR) is 142 cm³/mol. The molecule has 4 amide bonds. The van der Waals surface area contributed by atoms with Crippen LogP contribution in [0.3, 0.4) is 0 Å². The van der Waals surface area contributed by atoms with E-state index in [0.717, 1.165) is 21.6 Å². The number of urea groups is 1. The lowest BCUT2D eigenvalue weighted by Crippen LogP contribution is -2.51. The highest BCUT2D eigenvalue weighted by molar-refractivity contribution is 6.09. The highest BCUT2D eigenvalue weighted by atomic mass is 16.4. The van der Waals surface area contributed by atoms with Crippen molar-refractivity contribution >= 4 is 36.0 Å². The molecule has 0 radical (unpaired) electrons. The van der Waals surface area contributed by atoms with Crippen molar-refractivity contribution in [1.82, 2.24) is 15.1 Å². The van der Waals surface area contributed by atoms with Crippen LogP contribution in [-0.4, -0.2) is 56.8 Å². The van der Waals surface area contributed by atoms with E-state index in [4.69, 9.17) is 5.11 Å². The summed E-state index contributed by atoms with van der Waals surface area (Å²) < 4.78 is 0. The van der Waals surface area contributed by atoms with E-state index in [1.165, 1.54) is 4.90 Å². The molecule has 0 spiro atoms. The number of hydrogen-bond donors (Lipinski definition) is 2.